The fourth-order valence-electron chi connectivity index (χ4n) is 2.22. The standard InChI is InChI=1S/C18H16N2O3/c1-12(18(22)23)16(14-5-3-2-4-6-14)20-17(21)15-9-7-13(11-19)8-10-15/h2-10,12,16H,1H3,(H,20,21)(H,22,23). The second-order valence-electron chi connectivity index (χ2n) is 5.18. The van der Waals surface area contributed by atoms with Crippen LogP contribution >= 0.6 is 0 Å². The molecule has 2 atom stereocenters. The molecule has 0 saturated carbocycles. The molecule has 0 aliphatic rings. The number of carbonyl (C=O) groups excluding carboxylic acids is 1. The number of benzene rings is 2. The molecule has 1 amide bonds. The van der Waals surface area contributed by atoms with Gasteiger partial charge in [-0.3, -0.25) is 9.59 Å². The largest absolute Gasteiger partial charge is 0.481 e. The van der Waals surface area contributed by atoms with Crippen LogP contribution < -0.4 is 5.32 Å². The zero-order valence-electron chi connectivity index (χ0n) is 12.6. The van der Waals surface area contributed by atoms with E-state index >= 15 is 0 Å². The van der Waals surface area contributed by atoms with Crippen molar-refractivity contribution in [1.29, 1.82) is 5.26 Å². The molecule has 2 aromatic carbocycles. The molecule has 0 aliphatic carbocycles. The van der Waals surface area contributed by atoms with Crippen molar-refractivity contribution in [1.82, 2.24) is 5.32 Å². The van der Waals surface area contributed by atoms with Crippen LogP contribution in [0, 0.1) is 17.2 Å². The van der Waals surface area contributed by atoms with E-state index in [0.717, 1.165) is 5.56 Å². The van der Waals surface area contributed by atoms with Crippen molar-refractivity contribution >= 4 is 11.9 Å². The molecule has 2 unspecified atom stereocenters. The number of nitrogens with one attached hydrogen (secondary N) is 1. The van der Waals surface area contributed by atoms with Crippen molar-refractivity contribution in [2.45, 2.75) is 13.0 Å². The number of carboxylic acids is 1. The highest BCUT2D eigenvalue weighted by Gasteiger charge is 2.27. The van der Waals surface area contributed by atoms with Gasteiger partial charge in [0.15, 0.2) is 0 Å². The zero-order valence-corrected chi connectivity index (χ0v) is 12.6. The maximum Gasteiger partial charge on any atom is 0.308 e. The average molecular weight is 308 g/mol. The van der Waals surface area contributed by atoms with E-state index in [0.29, 0.717) is 11.1 Å². The van der Waals surface area contributed by atoms with Gasteiger partial charge in [0.2, 0.25) is 0 Å². The Hall–Kier alpha value is -3.13. The molecule has 5 nitrogen and oxygen atoms in total. The lowest BCUT2D eigenvalue weighted by Gasteiger charge is -2.23. The lowest BCUT2D eigenvalue weighted by atomic mass is 9.94. The average Bonchev–Trinajstić information content (AvgIpc) is 2.59. The monoisotopic (exact) mass is 308 g/mol. The van der Waals surface area contributed by atoms with Crippen LogP contribution in [0.4, 0.5) is 0 Å². The summed E-state index contributed by atoms with van der Waals surface area (Å²) in [6.07, 6.45) is 0. The van der Waals surface area contributed by atoms with Gasteiger partial charge in [-0.1, -0.05) is 30.3 Å². The Morgan fingerprint density at radius 1 is 1.09 bits per heavy atom. The van der Waals surface area contributed by atoms with Crippen LogP contribution in [-0.2, 0) is 4.79 Å². The third kappa shape index (κ3) is 3.95. The number of carbonyl (C=O) groups is 2. The molecule has 5 heteroatoms. The minimum atomic E-state index is -0.987. The normalized spacial score (nSPS) is 12.7. The van der Waals surface area contributed by atoms with Crippen LogP contribution in [0.3, 0.4) is 0 Å². The molecule has 2 rings (SSSR count). The van der Waals surface area contributed by atoms with Crippen LogP contribution in [-0.4, -0.2) is 17.0 Å². The highest BCUT2D eigenvalue weighted by Crippen LogP contribution is 2.22. The van der Waals surface area contributed by atoms with Crippen LogP contribution in [0.15, 0.2) is 54.6 Å². The van der Waals surface area contributed by atoms with Gasteiger partial charge in [0, 0.05) is 5.56 Å². The van der Waals surface area contributed by atoms with E-state index in [4.69, 9.17) is 5.26 Å². The molecule has 2 aromatic rings. The van der Waals surface area contributed by atoms with Crippen LogP contribution in [0.2, 0.25) is 0 Å². The van der Waals surface area contributed by atoms with Crippen molar-refractivity contribution in [3.63, 3.8) is 0 Å². The first-order valence-electron chi connectivity index (χ1n) is 7.11. The van der Waals surface area contributed by atoms with Gasteiger partial charge in [-0.2, -0.15) is 5.26 Å². The van der Waals surface area contributed by atoms with Crippen molar-refractivity contribution in [2.75, 3.05) is 0 Å². The maximum absolute atomic E-state index is 12.4. The second-order valence-corrected chi connectivity index (χ2v) is 5.18. The molecule has 2 N–H and O–H groups in total. The van der Waals surface area contributed by atoms with Crippen molar-refractivity contribution < 1.29 is 14.7 Å². The Morgan fingerprint density at radius 3 is 2.22 bits per heavy atom. The number of hydrogen-bond donors (Lipinski definition) is 2. The quantitative estimate of drug-likeness (QED) is 0.888. The van der Waals surface area contributed by atoms with Gasteiger partial charge in [0.1, 0.15) is 0 Å². The van der Waals surface area contributed by atoms with Gasteiger partial charge in [0.25, 0.3) is 5.91 Å². The van der Waals surface area contributed by atoms with Gasteiger partial charge in [0.05, 0.1) is 23.6 Å². The summed E-state index contributed by atoms with van der Waals surface area (Å²) in [5.74, 6) is -2.14. The van der Waals surface area contributed by atoms with Gasteiger partial charge in [-0.05, 0) is 36.8 Å². The molecule has 0 aromatic heterocycles. The summed E-state index contributed by atoms with van der Waals surface area (Å²) in [7, 11) is 0. The summed E-state index contributed by atoms with van der Waals surface area (Å²) in [4.78, 5) is 23.7. The topological polar surface area (TPSA) is 90.2 Å². The molecule has 0 bridgehead atoms. The number of carboxylic acid groups (broad SMARTS) is 1. The summed E-state index contributed by atoms with van der Waals surface area (Å²) >= 11 is 0. The molecular weight excluding hydrogens is 292 g/mol. The zero-order chi connectivity index (χ0) is 16.8. The van der Waals surface area contributed by atoms with Gasteiger partial charge in [-0.25, -0.2) is 0 Å². The predicted molar refractivity (Wildman–Crippen MR) is 84.6 cm³/mol. The summed E-state index contributed by atoms with van der Waals surface area (Å²) in [6.45, 7) is 1.55. The molecule has 0 aliphatic heterocycles. The third-order valence-electron chi connectivity index (χ3n) is 3.61. The number of nitriles is 1. The first-order valence-corrected chi connectivity index (χ1v) is 7.11. The van der Waals surface area contributed by atoms with E-state index in [9.17, 15) is 14.7 Å². The van der Waals surface area contributed by atoms with E-state index < -0.39 is 17.9 Å². The summed E-state index contributed by atoms with van der Waals surface area (Å²) < 4.78 is 0. The Kier molecular flexibility index (Phi) is 5.11. The highest BCUT2D eigenvalue weighted by atomic mass is 16.4. The van der Waals surface area contributed by atoms with Crippen molar-refractivity contribution in [2.24, 2.45) is 5.92 Å². The Bertz CT molecular complexity index is 733. The SMILES string of the molecule is CC(C(=O)O)C(NC(=O)c1ccc(C#N)cc1)c1ccccc1. The molecule has 0 fully saturated rings. The van der Waals surface area contributed by atoms with E-state index in [-0.39, 0.29) is 5.91 Å². The number of aliphatic carboxylic acids is 1. The van der Waals surface area contributed by atoms with E-state index in [1.54, 1.807) is 55.5 Å². The molecule has 0 heterocycles. The second kappa shape index (κ2) is 7.23. The Morgan fingerprint density at radius 2 is 1.70 bits per heavy atom. The summed E-state index contributed by atoms with van der Waals surface area (Å²) in [6, 6.07) is 16.5. The number of rotatable bonds is 5. The lowest BCUT2D eigenvalue weighted by molar-refractivity contribution is -0.142. The number of nitrogens with zero attached hydrogens (tertiary/aromatic N) is 1. The minimum Gasteiger partial charge on any atom is -0.481 e. The van der Waals surface area contributed by atoms with Crippen LogP contribution in [0.1, 0.15) is 34.5 Å². The first kappa shape index (κ1) is 16.2. The maximum atomic E-state index is 12.4. The fourth-order valence-corrected chi connectivity index (χ4v) is 2.22. The van der Waals surface area contributed by atoms with Crippen LogP contribution in [0.25, 0.3) is 0 Å². The molecule has 0 radical (unpaired) electrons. The van der Waals surface area contributed by atoms with E-state index in [2.05, 4.69) is 5.32 Å². The lowest BCUT2D eigenvalue weighted by Crippen LogP contribution is -2.35. The Labute approximate surface area is 134 Å². The van der Waals surface area contributed by atoms with Crippen LogP contribution in [0.5, 0.6) is 0 Å². The number of hydrogen-bond acceptors (Lipinski definition) is 3. The molecule has 23 heavy (non-hydrogen) atoms. The molecular formula is C18H16N2O3. The first-order chi connectivity index (χ1) is 11.0. The highest BCUT2D eigenvalue weighted by molar-refractivity contribution is 5.94. The smallest absolute Gasteiger partial charge is 0.308 e. The third-order valence-corrected chi connectivity index (χ3v) is 3.61. The fraction of sp³-hybridized carbons (Fsp3) is 0.167. The summed E-state index contributed by atoms with van der Waals surface area (Å²) in [5, 5.41) is 20.8. The molecule has 0 saturated heterocycles. The van der Waals surface area contributed by atoms with E-state index in [1.807, 2.05) is 12.1 Å². The predicted octanol–water partition coefficient (Wildman–Crippen LogP) is 2.75. The molecule has 0 spiro atoms. The van der Waals surface area contributed by atoms with Gasteiger partial charge >= 0.3 is 5.97 Å². The Balaban J connectivity index is 2.25. The van der Waals surface area contributed by atoms with Gasteiger partial charge < -0.3 is 10.4 Å². The minimum absolute atomic E-state index is 0.377. The van der Waals surface area contributed by atoms with Crippen molar-refractivity contribution in [3.05, 3.63) is 71.3 Å². The van der Waals surface area contributed by atoms with Crippen molar-refractivity contribution in [3.8, 4) is 6.07 Å². The summed E-state index contributed by atoms with van der Waals surface area (Å²) in [5.41, 5.74) is 1.56. The molecule has 116 valence electrons. The van der Waals surface area contributed by atoms with Gasteiger partial charge in [-0.15, -0.1) is 0 Å². The number of amides is 1. The van der Waals surface area contributed by atoms with E-state index in [1.165, 1.54) is 0 Å².